The highest BCUT2D eigenvalue weighted by Crippen LogP contribution is 2.40. The van der Waals surface area contributed by atoms with Gasteiger partial charge in [-0.25, -0.2) is 9.59 Å². The Morgan fingerprint density at radius 3 is 2.32 bits per heavy atom. The summed E-state index contributed by atoms with van der Waals surface area (Å²) in [6.07, 6.45) is -0.451. The van der Waals surface area contributed by atoms with Crippen LogP contribution < -0.4 is 10.6 Å². The standard InChI is InChI=1S/C35H36N2O6S/c1-2-36-35(41)37-20-24-6-5-7-28(18-24)25-14-16-27(17-15-25)34-42-29(22-44-32-9-4-3-8-30(32)33(39)40)19-31(43-34)26-12-10-23(21-38)11-13-26/h3-18,29,31,34,38H,2,19-22H2,1H3,(H,39,40)(H2,36,37,41)/t29-,31+,34+/m0/s1. The number of aromatic carboxylic acids is 1. The summed E-state index contributed by atoms with van der Waals surface area (Å²) in [5.41, 5.74) is 6.03. The first-order chi connectivity index (χ1) is 21.4. The van der Waals surface area contributed by atoms with Gasteiger partial charge in [-0.05, 0) is 52.9 Å². The molecule has 1 aliphatic rings. The molecule has 8 nitrogen and oxygen atoms in total. The number of nitrogens with one attached hydrogen (secondary N) is 2. The normalized spacial score (nSPS) is 18.0. The minimum atomic E-state index is -0.954. The van der Waals surface area contributed by atoms with Gasteiger partial charge < -0.3 is 30.3 Å². The van der Waals surface area contributed by atoms with E-state index in [1.165, 1.54) is 11.8 Å². The van der Waals surface area contributed by atoms with Crippen molar-refractivity contribution in [2.24, 2.45) is 0 Å². The number of carboxylic acid groups (broad SMARTS) is 1. The van der Waals surface area contributed by atoms with E-state index in [0.717, 1.165) is 33.4 Å². The summed E-state index contributed by atoms with van der Waals surface area (Å²) >= 11 is 1.47. The summed E-state index contributed by atoms with van der Waals surface area (Å²) < 4.78 is 12.9. The van der Waals surface area contributed by atoms with Gasteiger partial charge in [0.1, 0.15) is 0 Å². The second kappa shape index (κ2) is 15.0. The van der Waals surface area contributed by atoms with Crippen molar-refractivity contribution in [2.45, 2.75) is 49.9 Å². The molecule has 0 aromatic heterocycles. The van der Waals surface area contributed by atoms with Crippen LogP contribution in [0.5, 0.6) is 0 Å². The van der Waals surface area contributed by atoms with Gasteiger partial charge in [-0.3, -0.25) is 0 Å². The number of amides is 2. The maximum Gasteiger partial charge on any atom is 0.336 e. The molecule has 1 aliphatic heterocycles. The summed E-state index contributed by atoms with van der Waals surface area (Å²) in [6.45, 7) is 2.85. The number of carbonyl (C=O) groups excluding carboxylic acids is 1. The Hall–Kier alpha value is -4.15. The predicted octanol–water partition coefficient (Wildman–Crippen LogP) is 6.70. The van der Waals surface area contributed by atoms with Crippen LogP contribution in [0.15, 0.2) is 102 Å². The molecule has 0 saturated carbocycles. The summed E-state index contributed by atoms with van der Waals surface area (Å²) in [5, 5.41) is 24.7. The molecule has 4 aromatic carbocycles. The largest absolute Gasteiger partial charge is 0.478 e. The van der Waals surface area contributed by atoms with Crippen LogP contribution in [0.1, 0.15) is 58.4 Å². The number of rotatable bonds is 11. The molecule has 1 heterocycles. The fourth-order valence-corrected chi connectivity index (χ4v) is 6.14. The average Bonchev–Trinajstić information content (AvgIpc) is 3.07. The van der Waals surface area contributed by atoms with Crippen molar-refractivity contribution in [3.8, 4) is 11.1 Å². The van der Waals surface area contributed by atoms with E-state index in [-0.39, 0.29) is 30.4 Å². The first-order valence-electron chi connectivity index (χ1n) is 14.6. The van der Waals surface area contributed by atoms with E-state index in [9.17, 15) is 19.8 Å². The van der Waals surface area contributed by atoms with Crippen LogP contribution in [0.2, 0.25) is 0 Å². The SMILES string of the molecule is CCNC(=O)NCc1cccc(-c2ccc([C@@H]3O[C@H](CSc4ccccc4C(=O)O)C[C@H](c4ccc(CO)cc4)O3)cc2)c1. The molecule has 44 heavy (non-hydrogen) atoms. The highest BCUT2D eigenvalue weighted by molar-refractivity contribution is 7.99. The van der Waals surface area contributed by atoms with Gasteiger partial charge in [0.15, 0.2) is 6.29 Å². The van der Waals surface area contributed by atoms with Crippen LogP contribution in [0, 0.1) is 0 Å². The summed E-state index contributed by atoms with van der Waals surface area (Å²) in [4.78, 5) is 24.2. The Bertz CT molecular complexity index is 1560. The lowest BCUT2D eigenvalue weighted by Crippen LogP contribution is -2.34. The second-order valence-electron chi connectivity index (χ2n) is 10.5. The first-order valence-corrected chi connectivity index (χ1v) is 15.6. The molecular formula is C35H36N2O6S. The molecule has 3 atom stereocenters. The third-order valence-corrected chi connectivity index (χ3v) is 8.60. The van der Waals surface area contributed by atoms with E-state index >= 15 is 0 Å². The van der Waals surface area contributed by atoms with Crippen molar-refractivity contribution in [1.29, 1.82) is 0 Å². The maximum atomic E-state index is 11.8. The molecule has 1 fully saturated rings. The zero-order valence-corrected chi connectivity index (χ0v) is 25.3. The second-order valence-corrected chi connectivity index (χ2v) is 11.6. The minimum Gasteiger partial charge on any atom is -0.478 e. The molecule has 0 bridgehead atoms. The number of urea groups is 1. The zero-order valence-electron chi connectivity index (χ0n) is 24.4. The van der Waals surface area contributed by atoms with E-state index in [1.54, 1.807) is 12.1 Å². The third kappa shape index (κ3) is 8.06. The van der Waals surface area contributed by atoms with Gasteiger partial charge in [-0.2, -0.15) is 0 Å². The fourth-order valence-electron chi connectivity index (χ4n) is 5.07. The van der Waals surface area contributed by atoms with E-state index < -0.39 is 12.3 Å². The summed E-state index contributed by atoms with van der Waals surface area (Å²) in [7, 11) is 0. The van der Waals surface area contributed by atoms with E-state index in [2.05, 4.69) is 16.7 Å². The minimum absolute atomic E-state index is 0.0280. The number of benzene rings is 4. The maximum absolute atomic E-state index is 11.8. The molecule has 2 amide bonds. The van der Waals surface area contributed by atoms with Crippen molar-refractivity contribution in [1.82, 2.24) is 10.6 Å². The van der Waals surface area contributed by atoms with E-state index in [1.807, 2.05) is 85.8 Å². The average molecular weight is 613 g/mol. The smallest absolute Gasteiger partial charge is 0.336 e. The van der Waals surface area contributed by atoms with Crippen molar-refractivity contribution < 1.29 is 29.3 Å². The van der Waals surface area contributed by atoms with E-state index in [0.29, 0.717) is 30.2 Å². The monoisotopic (exact) mass is 612 g/mol. The lowest BCUT2D eigenvalue weighted by Gasteiger charge is -2.36. The molecular weight excluding hydrogens is 576 g/mol. The number of carbonyl (C=O) groups is 2. The topological polar surface area (TPSA) is 117 Å². The molecule has 0 unspecified atom stereocenters. The molecule has 0 aliphatic carbocycles. The van der Waals surface area contributed by atoms with Gasteiger partial charge in [0.25, 0.3) is 0 Å². The Morgan fingerprint density at radius 2 is 1.59 bits per heavy atom. The molecule has 9 heteroatoms. The molecule has 0 spiro atoms. The highest BCUT2D eigenvalue weighted by Gasteiger charge is 2.32. The lowest BCUT2D eigenvalue weighted by molar-refractivity contribution is -0.245. The zero-order chi connectivity index (χ0) is 30.9. The number of thioether (sulfide) groups is 1. The number of ether oxygens (including phenoxy) is 2. The van der Waals surface area contributed by atoms with Crippen LogP contribution in [-0.4, -0.2) is 40.6 Å². The Labute approximate surface area is 261 Å². The summed E-state index contributed by atoms with van der Waals surface area (Å²) in [6, 6.07) is 30.6. The Kier molecular flexibility index (Phi) is 10.7. The third-order valence-electron chi connectivity index (χ3n) is 7.39. The Morgan fingerprint density at radius 1 is 0.841 bits per heavy atom. The summed E-state index contributed by atoms with van der Waals surface area (Å²) in [5.74, 6) is -0.394. The van der Waals surface area contributed by atoms with E-state index in [4.69, 9.17) is 9.47 Å². The molecule has 228 valence electrons. The van der Waals surface area contributed by atoms with Crippen LogP contribution in [0.3, 0.4) is 0 Å². The van der Waals surface area contributed by atoms with Crippen molar-refractivity contribution in [3.05, 3.63) is 125 Å². The van der Waals surface area contributed by atoms with Crippen LogP contribution in [0.4, 0.5) is 4.79 Å². The van der Waals surface area contributed by atoms with Gasteiger partial charge in [0.05, 0.1) is 24.4 Å². The molecule has 4 N–H and O–H groups in total. The predicted molar refractivity (Wildman–Crippen MR) is 170 cm³/mol. The van der Waals surface area contributed by atoms with Crippen LogP contribution in [0.25, 0.3) is 11.1 Å². The fraction of sp³-hybridized carbons (Fsp3) is 0.257. The molecule has 1 saturated heterocycles. The van der Waals surface area contributed by atoms with Gasteiger partial charge in [-0.15, -0.1) is 11.8 Å². The van der Waals surface area contributed by atoms with Crippen LogP contribution in [-0.2, 0) is 22.6 Å². The lowest BCUT2D eigenvalue weighted by atomic mass is 9.99. The van der Waals surface area contributed by atoms with Gasteiger partial charge in [0, 0.05) is 35.7 Å². The van der Waals surface area contributed by atoms with Crippen LogP contribution >= 0.6 is 11.8 Å². The van der Waals surface area contributed by atoms with Crippen molar-refractivity contribution >= 4 is 23.8 Å². The molecule has 5 rings (SSSR count). The van der Waals surface area contributed by atoms with Crippen molar-refractivity contribution in [3.63, 3.8) is 0 Å². The number of aliphatic hydroxyl groups is 1. The number of carboxylic acids is 1. The first kappa shape index (κ1) is 31.3. The quantitative estimate of drug-likeness (QED) is 0.139. The highest BCUT2D eigenvalue weighted by atomic mass is 32.2. The van der Waals surface area contributed by atoms with Gasteiger partial charge in [0.2, 0.25) is 0 Å². The number of aliphatic hydroxyl groups excluding tert-OH is 1. The van der Waals surface area contributed by atoms with Crippen molar-refractivity contribution in [2.75, 3.05) is 12.3 Å². The number of hydrogen-bond donors (Lipinski definition) is 4. The number of hydrogen-bond acceptors (Lipinski definition) is 6. The van der Waals surface area contributed by atoms with Gasteiger partial charge in [-0.1, -0.05) is 78.9 Å². The molecule has 4 aromatic rings. The Balaban J connectivity index is 1.33. The molecule has 0 radical (unpaired) electrons. The van der Waals surface area contributed by atoms with Gasteiger partial charge >= 0.3 is 12.0 Å².